The van der Waals surface area contributed by atoms with Gasteiger partial charge in [0.25, 0.3) is 0 Å². The molecular weight excluding hydrogens is 270 g/mol. The van der Waals surface area contributed by atoms with Crippen LogP contribution in [0.1, 0.15) is 40.5 Å². The van der Waals surface area contributed by atoms with Crippen molar-refractivity contribution in [3.8, 4) is 0 Å². The van der Waals surface area contributed by atoms with Crippen LogP contribution in [0.2, 0.25) is 0 Å². The van der Waals surface area contributed by atoms with Crippen molar-refractivity contribution in [3.05, 3.63) is 0 Å². The molecule has 0 spiro atoms. The Labute approximate surface area is 130 Å². The van der Waals surface area contributed by atoms with Gasteiger partial charge in [-0.05, 0) is 13.3 Å². The molecule has 0 saturated carbocycles. The highest BCUT2D eigenvalue weighted by Gasteiger charge is 2.02. The van der Waals surface area contributed by atoms with Crippen LogP contribution >= 0.6 is 0 Å². The van der Waals surface area contributed by atoms with Gasteiger partial charge in [0.2, 0.25) is 0 Å². The quantitative estimate of drug-likeness (QED) is 0.443. The second-order valence-electron chi connectivity index (χ2n) is 5.44. The van der Waals surface area contributed by atoms with E-state index in [0.717, 1.165) is 19.6 Å². The Balaban J connectivity index is 3.08. The van der Waals surface area contributed by atoms with Gasteiger partial charge < -0.3 is 24.3 Å². The van der Waals surface area contributed by atoms with E-state index >= 15 is 0 Å². The van der Waals surface area contributed by atoms with Gasteiger partial charge in [0.1, 0.15) is 0 Å². The maximum atomic E-state index is 5.63. The first kappa shape index (κ1) is 20.8. The average molecular weight is 305 g/mol. The SMILES string of the molecule is CCCCOCCOCCOCCOC(C)CNC(C)C. The first-order valence-electron chi connectivity index (χ1n) is 8.25. The third-order valence-corrected chi connectivity index (χ3v) is 2.83. The molecule has 5 nitrogen and oxygen atoms in total. The molecule has 5 heteroatoms. The van der Waals surface area contributed by atoms with E-state index in [2.05, 4.69) is 33.0 Å². The fourth-order valence-electron chi connectivity index (χ4n) is 1.56. The van der Waals surface area contributed by atoms with Gasteiger partial charge in [-0.3, -0.25) is 0 Å². The molecule has 0 saturated heterocycles. The van der Waals surface area contributed by atoms with Gasteiger partial charge in [0.05, 0.1) is 45.7 Å². The largest absolute Gasteiger partial charge is 0.379 e. The standard InChI is InChI=1S/C16H35NO4/c1-5-6-7-18-8-9-19-10-11-20-12-13-21-16(4)14-17-15(2)3/h15-17H,5-14H2,1-4H3. The molecule has 0 aliphatic rings. The predicted molar refractivity (Wildman–Crippen MR) is 85.9 cm³/mol. The van der Waals surface area contributed by atoms with Crippen molar-refractivity contribution in [1.82, 2.24) is 5.32 Å². The summed E-state index contributed by atoms with van der Waals surface area (Å²) in [5, 5.41) is 3.34. The van der Waals surface area contributed by atoms with Crippen molar-refractivity contribution in [2.75, 3.05) is 52.8 Å². The van der Waals surface area contributed by atoms with Crippen LogP contribution in [-0.2, 0) is 18.9 Å². The topological polar surface area (TPSA) is 49.0 Å². The molecule has 0 aromatic rings. The normalized spacial score (nSPS) is 13.0. The van der Waals surface area contributed by atoms with Crippen molar-refractivity contribution in [3.63, 3.8) is 0 Å². The molecule has 0 aromatic carbocycles. The van der Waals surface area contributed by atoms with Crippen LogP contribution < -0.4 is 5.32 Å². The first-order valence-corrected chi connectivity index (χ1v) is 8.25. The maximum absolute atomic E-state index is 5.63. The molecule has 0 bridgehead atoms. The molecule has 128 valence electrons. The monoisotopic (exact) mass is 305 g/mol. The smallest absolute Gasteiger partial charge is 0.0704 e. The van der Waals surface area contributed by atoms with Crippen LogP contribution in [0.15, 0.2) is 0 Å². The van der Waals surface area contributed by atoms with E-state index in [-0.39, 0.29) is 6.10 Å². The van der Waals surface area contributed by atoms with E-state index in [1.165, 1.54) is 6.42 Å². The zero-order valence-corrected chi connectivity index (χ0v) is 14.4. The third kappa shape index (κ3) is 17.7. The molecule has 1 N–H and O–H groups in total. The Morgan fingerprint density at radius 2 is 1.29 bits per heavy atom. The van der Waals surface area contributed by atoms with E-state index in [9.17, 15) is 0 Å². The van der Waals surface area contributed by atoms with Gasteiger partial charge in [0.15, 0.2) is 0 Å². The van der Waals surface area contributed by atoms with Crippen molar-refractivity contribution >= 4 is 0 Å². The van der Waals surface area contributed by atoms with Gasteiger partial charge in [0, 0.05) is 19.2 Å². The summed E-state index contributed by atoms with van der Waals surface area (Å²) in [5.74, 6) is 0. The number of rotatable bonds is 16. The minimum Gasteiger partial charge on any atom is -0.379 e. The van der Waals surface area contributed by atoms with E-state index < -0.39 is 0 Å². The van der Waals surface area contributed by atoms with E-state index in [1.807, 2.05) is 0 Å². The lowest BCUT2D eigenvalue weighted by molar-refractivity contribution is -0.0150. The fraction of sp³-hybridized carbons (Fsp3) is 1.00. The Kier molecular flexibility index (Phi) is 16.0. The maximum Gasteiger partial charge on any atom is 0.0704 e. The molecular formula is C16H35NO4. The predicted octanol–water partition coefficient (Wildman–Crippen LogP) is 2.24. The molecule has 0 rings (SSSR count). The van der Waals surface area contributed by atoms with Crippen molar-refractivity contribution < 1.29 is 18.9 Å². The Morgan fingerprint density at radius 1 is 0.762 bits per heavy atom. The van der Waals surface area contributed by atoms with Crippen molar-refractivity contribution in [2.24, 2.45) is 0 Å². The molecule has 0 fully saturated rings. The van der Waals surface area contributed by atoms with Gasteiger partial charge in [-0.25, -0.2) is 0 Å². The minimum atomic E-state index is 0.215. The van der Waals surface area contributed by atoms with Crippen LogP contribution in [0.3, 0.4) is 0 Å². The average Bonchev–Trinajstić information content (AvgIpc) is 2.46. The second kappa shape index (κ2) is 16.2. The number of hydrogen-bond acceptors (Lipinski definition) is 5. The summed E-state index contributed by atoms with van der Waals surface area (Å²) in [7, 11) is 0. The summed E-state index contributed by atoms with van der Waals surface area (Å²) in [6.07, 6.45) is 2.50. The van der Waals surface area contributed by atoms with E-state index in [0.29, 0.717) is 45.7 Å². The summed E-state index contributed by atoms with van der Waals surface area (Å²) in [5.41, 5.74) is 0. The number of nitrogens with one attached hydrogen (secondary N) is 1. The van der Waals surface area contributed by atoms with Gasteiger partial charge >= 0.3 is 0 Å². The summed E-state index contributed by atoms with van der Waals surface area (Å²) < 4.78 is 21.9. The lowest BCUT2D eigenvalue weighted by Crippen LogP contribution is -2.32. The Hall–Kier alpha value is -0.200. The van der Waals surface area contributed by atoms with Gasteiger partial charge in [-0.2, -0.15) is 0 Å². The summed E-state index contributed by atoms with van der Waals surface area (Å²) >= 11 is 0. The van der Waals surface area contributed by atoms with Crippen molar-refractivity contribution in [1.29, 1.82) is 0 Å². The Morgan fingerprint density at radius 3 is 1.81 bits per heavy atom. The van der Waals surface area contributed by atoms with Gasteiger partial charge in [-0.15, -0.1) is 0 Å². The number of ether oxygens (including phenoxy) is 4. The lowest BCUT2D eigenvalue weighted by Gasteiger charge is -2.15. The highest BCUT2D eigenvalue weighted by Crippen LogP contribution is 1.91. The zero-order valence-electron chi connectivity index (χ0n) is 14.4. The number of unbranched alkanes of at least 4 members (excludes halogenated alkanes) is 1. The highest BCUT2D eigenvalue weighted by molar-refractivity contribution is 4.58. The third-order valence-electron chi connectivity index (χ3n) is 2.83. The summed E-state index contributed by atoms with van der Waals surface area (Å²) in [6, 6.07) is 0.496. The molecule has 0 aliphatic carbocycles. The van der Waals surface area contributed by atoms with Crippen LogP contribution in [0.5, 0.6) is 0 Å². The second-order valence-corrected chi connectivity index (χ2v) is 5.44. The number of hydrogen-bond donors (Lipinski definition) is 1. The fourth-order valence-corrected chi connectivity index (χ4v) is 1.56. The summed E-state index contributed by atoms with van der Waals surface area (Å²) in [4.78, 5) is 0. The molecule has 1 unspecified atom stereocenters. The molecule has 0 aromatic heterocycles. The van der Waals surface area contributed by atoms with Crippen molar-refractivity contribution in [2.45, 2.75) is 52.7 Å². The molecule has 1 atom stereocenters. The van der Waals surface area contributed by atoms with Crippen LogP contribution in [-0.4, -0.2) is 64.9 Å². The van der Waals surface area contributed by atoms with E-state index in [1.54, 1.807) is 0 Å². The summed E-state index contributed by atoms with van der Waals surface area (Å²) in [6.45, 7) is 14.0. The van der Waals surface area contributed by atoms with E-state index in [4.69, 9.17) is 18.9 Å². The minimum absolute atomic E-state index is 0.215. The molecule has 0 aliphatic heterocycles. The lowest BCUT2D eigenvalue weighted by atomic mass is 10.3. The molecule has 21 heavy (non-hydrogen) atoms. The molecule has 0 amide bonds. The zero-order chi connectivity index (χ0) is 15.8. The first-order chi connectivity index (χ1) is 10.2. The Bertz CT molecular complexity index is 203. The van der Waals surface area contributed by atoms with Crippen LogP contribution in [0, 0.1) is 0 Å². The highest BCUT2D eigenvalue weighted by atomic mass is 16.6. The molecule has 0 heterocycles. The van der Waals surface area contributed by atoms with Crippen LogP contribution in [0.25, 0.3) is 0 Å². The van der Waals surface area contributed by atoms with Gasteiger partial charge in [-0.1, -0.05) is 27.2 Å². The molecule has 0 radical (unpaired) electrons. The van der Waals surface area contributed by atoms with Crippen LogP contribution in [0.4, 0.5) is 0 Å².